The van der Waals surface area contributed by atoms with E-state index in [-0.39, 0.29) is 18.9 Å². The molecule has 1 atom stereocenters. The minimum atomic E-state index is -1.93. The summed E-state index contributed by atoms with van der Waals surface area (Å²) in [6.45, 7) is 0.853. The van der Waals surface area contributed by atoms with Gasteiger partial charge in [0.1, 0.15) is 0 Å². The number of nitrogens with one attached hydrogen (secondary N) is 1. The SMILES string of the molecule is CC(O)(CNC(=O)CCSc1ccccc1)C(=O)O. The smallest absolute Gasteiger partial charge is 0.337 e. The molecule has 1 aromatic carbocycles. The van der Waals surface area contributed by atoms with Crippen LogP contribution in [-0.4, -0.2) is 40.0 Å². The number of hydrogen-bond donors (Lipinski definition) is 3. The fourth-order valence-electron chi connectivity index (χ4n) is 1.21. The fraction of sp³-hybridized carbons (Fsp3) is 0.385. The van der Waals surface area contributed by atoms with Gasteiger partial charge in [-0.05, 0) is 19.1 Å². The lowest BCUT2D eigenvalue weighted by Gasteiger charge is -2.18. The molecule has 0 saturated heterocycles. The highest BCUT2D eigenvalue weighted by molar-refractivity contribution is 7.99. The predicted octanol–water partition coefficient (Wildman–Crippen LogP) is 1.12. The van der Waals surface area contributed by atoms with E-state index in [0.29, 0.717) is 5.75 Å². The quantitative estimate of drug-likeness (QED) is 0.653. The van der Waals surface area contributed by atoms with E-state index < -0.39 is 11.6 Å². The van der Waals surface area contributed by atoms with Crippen LogP contribution < -0.4 is 5.32 Å². The van der Waals surface area contributed by atoms with Crippen LogP contribution in [0.4, 0.5) is 0 Å². The first-order valence-corrected chi connectivity index (χ1v) is 6.81. The Labute approximate surface area is 116 Å². The number of hydrogen-bond acceptors (Lipinski definition) is 4. The molecule has 0 aliphatic rings. The first-order valence-electron chi connectivity index (χ1n) is 5.82. The van der Waals surface area contributed by atoms with Gasteiger partial charge in [0.25, 0.3) is 0 Å². The molecular formula is C13H17NO4S. The number of aliphatic carboxylic acids is 1. The second-order valence-electron chi connectivity index (χ2n) is 4.27. The number of rotatable bonds is 7. The molecule has 1 aromatic rings. The zero-order valence-corrected chi connectivity index (χ0v) is 11.4. The third-order valence-corrected chi connectivity index (χ3v) is 3.45. The maximum atomic E-state index is 11.5. The van der Waals surface area contributed by atoms with Gasteiger partial charge in [-0.1, -0.05) is 18.2 Å². The summed E-state index contributed by atoms with van der Waals surface area (Å²) < 4.78 is 0. The molecule has 0 fully saturated rings. The van der Waals surface area contributed by atoms with Crippen LogP contribution in [0.2, 0.25) is 0 Å². The number of amides is 1. The molecule has 0 aliphatic carbocycles. The average Bonchev–Trinajstić information content (AvgIpc) is 2.37. The van der Waals surface area contributed by atoms with Crippen LogP contribution in [0, 0.1) is 0 Å². The van der Waals surface area contributed by atoms with E-state index in [2.05, 4.69) is 5.32 Å². The number of carbonyl (C=O) groups excluding carboxylic acids is 1. The molecule has 1 unspecified atom stereocenters. The molecule has 6 heteroatoms. The Morgan fingerprint density at radius 2 is 1.95 bits per heavy atom. The lowest BCUT2D eigenvalue weighted by Crippen LogP contribution is -2.46. The highest BCUT2D eigenvalue weighted by Gasteiger charge is 2.30. The zero-order valence-electron chi connectivity index (χ0n) is 10.6. The Kier molecular flexibility index (Phi) is 5.85. The molecule has 19 heavy (non-hydrogen) atoms. The van der Waals surface area contributed by atoms with E-state index in [0.717, 1.165) is 11.8 Å². The largest absolute Gasteiger partial charge is 0.479 e. The minimum absolute atomic E-state index is 0.273. The van der Waals surface area contributed by atoms with Gasteiger partial charge in [-0.15, -0.1) is 11.8 Å². The number of aliphatic hydroxyl groups is 1. The van der Waals surface area contributed by atoms with E-state index in [1.54, 1.807) is 11.8 Å². The number of carboxylic acids is 1. The monoisotopic (exact) mass is 283 g/mol. The highest BCUT2D eigenvalue weighted by atomic mass is 32.2. The van der Waals surface area contributed by atoms with Crippen molar-refractivity contribution < 1.29 is 19.8 Å². The summed E-state index contributed by atoms with van der Waals surface area (Å²) in [7, 11) is 0. The predicted molar refractivity (Wildman–Crippen MR) is 73.1 cm³/mol. The first kappa shape index (κ1) is 15.5. The Balaban J connectivity index is 2.24. The van der Waals surface area contributed by atoms with Crippen molar-refractivity contribution in [2.24, 2.45) is 0 Å². The van der Waals surface area contributed by atoms with E-state index in [1.165, 1.54) is 0 Å². The summed E-state index contributed by atoms with van der Waals surface area (Å²) in [5, 5.41) is 20.5. The van der Waals surface area contributed by atoms with Crippen molar-refractivity contribution in [1.82, 2.24) is 5.32 Å². The molecule has 5 nitrogen and oxygen atoms in total. The van der Waals surface area contributed by atoms with Crippen LogP contribution in [0.15, 0.2) is 35.2 Å². The van der Waals surface area contributed by atoms with E-state index in [1.807, 2.05) is 30.3 Å². The Hall–Kier alpha value is -1.53. The van der Waals surface area contributed by atoms with Crippen LogP contribution >= 0.6 is 11.8 Å². The van der Waals surface area contributed by atoms with Crippen LogP contribution in [-0.2, 0) is 9.59 Å². The molecule has 0 aromatic heterocycles. The van der Waals surface area contributed by atoms with Crippen molar-refractivity contribution in [3.05, 3.63) is 30.3 Å². The molecule has 0 radical (unpaired) electrons. The molecule has 0 bridgehead atoms. The molecular weight excluding hydrogens is 266 g/mol. The lowest BCUT2D eigenvalue weighted by molar-refractivity contribution is -0.156. The molecule has 1 rings (SSSR count). The van der Waals surface area contributed by atoms with Crippen LogP contribution in [0.3, 0.4) is 0 Å². The molecule has 1 amide bonds. The van der Waals surface area contributed by atoms with Crippen molar-refractivity contribution in [2.45, 2.75) is 23.8 Å². The molecule has 0 spiro atoms. The van der Waals surface area contributed by atoms with Crippen LogP contribution in [0.5, 0.6) is 0 Å². The van der Waals surface area contributed by atoms with Gasteiger partial charge in [0.15, 0.2) is 5.60 Å². The van der Waals surface area contributed by atoms with Gasteiger partial charge in [0.2, 0.25) is 5.91 Å². The summed E-state index contributed by atoms with van der Waals surface area (Å²) in [4.78, 5) is 23.2. The van der Waals surface area contributed by atoms with Gasteiger partial charge >= 0.3 is 5.97 Å². The number of thioether (sulfide) groups is 1. The van der Waals surface area contributed by atoms with Crippen molar-refractivity contribution >= 4 is 23.6 Å². The molecule has 0 heterocycles. The molecule has 3 N–H and O–H groups in total. The summed E-state index contributed by atoms with van der Waals surface area (Å²) in [6.07, 6.45) is 0.273. The Morgan fingerprint density at radius 1 is 1.32 bits per heavy atom. The van der Waals surface area contributed by atoms with Crippen molar-refractivity contribution in [3.8, 4) is 0 Å². The van der Waals surface area contributed by atoms with Gasteiger partial charge < -0.3 is 15.5 Å². The third-order valence-electron chi connectivity index (χ3n) is 2.43. The maximum Gasteiger partial charge on any atom is 0.337 e. The van der Waals surface area contributed by atoms with Gasteiger partial charge in [0, 0.05) is 17.1 Å². The van der Waals surface area contributed by atoms with Gasteiger partial charge in [-0.3, -0.25) is 4.79 Å². The van der Waals surface area contributed by atoms with Crippen molar-refractivity contribution in [3.63, 3.8) is 0 Å². The second-order valence-corrected chi connectivity index (χ2v) is 5.44. The fourth-order valence-corrected chi connectivity index (χ4v) is 2.09. The maximum absolute atomic E-state index is 11.5. The number of benzene rings is 1. The van der Waals surface area contributed by atoms with E-state index in [9.17, 15) is 14.7 Å². The average molecular weight is 283 g/mol. The van der Waals surface area contributed by atoms with Gasteiger partial charge in [0.05, 0.1) is 6.54 Å². The molecule has 0 aliphatic heterocycles. The van der Waals surface area contributed by atoms with Crippen molar-refractivity contribution in [1.29, 1.82) is 0 Å². The van der Waals surface area contributed by atoms with Crippen LogP contribution in [0.1, 0.15) is 13.3 Å². The van der Waals surface area contributed by atoms with Crippen LogP contribution in [0.25, 0.3) is 0 Å². The standard InChI is InChI=1S/C13H17NO4S/c1-13(18,12(16)17)9-14-11(15)7-8-19-10-5-3-2-4-6-10/h2-6,18H,7-9H2,1H3,(H,14,15)(H,16,17). The lowest BCUT2D eigenvalue weighted by atomic mass is 10.1. The van der Waals surface area contributed by atoms with Crippen molar-refractivity contribution in [2.75, 3.05) is 12.3 Å². The van der Waals surface area contributed by atoms with Gasteiger partial charge in [-0.25, -0.2) is 4.79 Å². The highest BCUT2D eigenvalue weighted by Crippen LogP contribution is 2.17. The Morgan fingerprint density at radius 3 is 2.53 bits per heavy atom. The third kappa shape index (κ3) is 5.76. The summed E-state index contributed by atoms with van der Waals surface area (Å²) in [5.41, 5.74) is -1.93. The van der Waals surface area contributed by atoms with E-state index >= 15 is 0 Å². The Bertz CT molecular complexity index is 434. The summed E-state index contributed by atoms with van der Waals surface area (Å²) >= 11 is 1.55. The molecule has 0 saturated carbocycles. The van der Waals surface area contributed by atoms with Gasteiger partial charge in [-0.2, -0.15) is 0 Å². The summed E-state index contributed by atoms with van der Waals surface area (Å²) in [5.74, 6) is -1.03. The normalized spacial score (nSPS) is 13.6. The summed E-state index contributed by atoms with van der Waals surface area (Å²) in [6, 6.07) is 9.68. The first-order chi connectivity index (χ1) is 8.92. The molecule has 104 valence electrons. The number of carbonyl (C=O) groups is 2. The van der Waals surface area contributed by atoms with E-state index in [4.69, 9.17) is 5.11 Å². The number of carboxylic acid groups (broad SMARTS) is 1. The minimum Gasteiger partial charge on any atom is -0.479 e. The topological polar surface area (TPSA) is 86.6 Å². The second kappa shape index (κ2) is 7.16. The zero-order chi connectivity index (χ0) is 14.3.